The molecule has 0 spiro atoms. The topological polar surface area (TPSA) is 83.0 Å². The van der Waals surface area contributed by atoms with Gasteiger partial charge in [-0.15, -0.1) is 0 Å². The fourth-order valence-electron chi connectivity index (χ4n) is 3.06. The fraction of sp³-hybridized carbons (Fsp3) is 0.389. The molecule has 136 valence electrons. The Morgan fingerprint density at radius 2 is 1.96 bits per heavy atom. The number of methoxy groups -OCH3 is 1. The van der Waals surface area contributed by atoms with E-state index in [0.717, 1.165) is 0 Å². The van der Waals surface area contributed by atoms with Crippen LogP contribution in [0.5, 0.6) is 23.3 Å². The van der Waals surface area contributed by atoms with Crippen LogP contribution in [0.2, 0.25) is 0 Å². The fourth-order valence-corrected chi connectivity index (χ4v) is 3.06. The summed E-state index contributed by atoms with van der Waals surface area (Å²) in [6.45, 7) is 1.25. The van der Waals surface area contributed by atoms with Crippen LogP contribution in [0.3, 0.4) is 0 Å². The first kappa shape index (κ1) is 16.4. The number of nitrogens with zero attached hydrogens (tertiary/aromatic N) is 3. The Morgan fingerprint density at radius 1 is 1.19 bits per heavy atom. The summed E-state index contributed by atoms with van der Waals surface area (Å²) in [6.07, 6.45) is 2.97. The van der Waals surface area contributed by atoms with Crippen molar-refractivity contribution in [2.24, 2.45) is 0 Å². The smallest absolute Gasteiger partial charge is 0.278 e. The Balaban J connectivity index is 1.37. The minimum atomic E-state index is -0.644. The number of para-hydroxylation sites is 2. The monoisotopic (exact) mass is 357 g/mol. The predicted molar refractivity (Wildman–Crippen MR) is 90.6 cm³/mol. The predicted octanol–water partition coefficient (Wildman–Crippen LogP) is 1.30. The van der Waals surface area contributed by atoms with Gasteiger partial charge < -0.3 is 23.8 Å². The molecular formula is C18H19N3O5. The molecule has 0 unspecified atom stereocenters. The molecule has 1 saturated heterocycles. The van der Waals surface area contributed by atoms with Crippen molar-refractivity contribution in [3.8, 4) is 23.3 Å². The van der Waals surface area contributed by atoms with Gasteiger partial charge in [0.2, 0.25) is 6.10 Å². The number of aromatic nitrogens is 2. The van der Waals surface area contributed by atoms with Crippen LogP contribution in [0.25, 0.3) is 0 Å². The molecule has 2 aromatic rings. The highest BCUT2D eigenvalue weighted by Gasteiger charge is 2.36. The zero-order valence-corrected chi connectivity index (χ0v) is 14.3. The van der Waals surface area contributed by atoms with Gasteiger partial charge in [-0.05, 0) is 12.1 Å². The summed E-state index contributed by atoms with van der Waals surface area (Å²) < 4.78 is 22.4. The minimum absolute atomic E-state index is 0.100. The minimum Gasteiger partial charge on any atom is -0.485 e. The Hall–Kier alpha value is -3.03. The number of ether oxygens (including phenoxy) is 4. The van der Waals surface area contributed by atoms with Gasteiger partial charge in [0.15, 0.2) is 11.5 Å². The third kappa shape index (κ3) is 3.22. The Morgan fingerprint density at radius 3 is 2.77 bits per heavy atom. The molecule has 8 nitrogen and oxygen atoms in total. The van der Waals surface area contributed by atoms with Crippen molar-refractivity contribution in [1.82, 2.24) is 14.9 Å². The molecule has 0 bridgehead atoms. The summed E-state index contributed by atoms with van der Waals surface area (Å²) >= 11 is 0. The van der Waals surface area contributed by atoms with Crippen LogP contribution < -0.4 is 18.9 Å². The largest absolute Gasteiger partial charge is 0.485 e. The van der Waals surface area contributed by atoms with Gasteiger partial charge in [0, 0.05) is 25.4 Å². The van der Waals surface area contributed by atoms with Gasteiger partial charge in [-0.3, -0.25) is 4.79 Å². The van der Waals surface area contributed by atoms with Gasteiger partial charge in [0.25, 0.3) is 17.7 Å². The van der Waals surface area contributed by atoms with Crippen LogP contribution >= 0.6 is 0 Å². The van der Waals surface area contributed by atoms with E-state index in [-0.39, 0.29) is 18.6 Å². The summed E-state index contributed by atoms with van der Waals surface area (Å²) in [5, 5.41) is 0. The summed E-state index contributed by atoms with van der Waals surface area (Å²) in [6, 6.07) is 7.34. The van der Waals surface area contributed by atoms with E-state index in [0.29, 0.717) is 42.8 Å². The molecule has 2 aliphatic heterocycles. The first-order valence-corrected chi connectivity index (χ1v) is 8.43. The third-order valence-corrected chi connectivity index (χ3v) is 4.35. The number of hydrogen-bond acceptors (Lipinski definition) is 7. The molecule has 0 radical (unpaired) electrons. The van der Waals surface area contributed by atoms with E-state index in [4.69, 9.17) is 18.9 Å². The lowest BCUT2D eigenvalue weighted by Crippen LogP contribution is -2.46. The summed E-state index contributed by atoms with van der Waals surface area (Å²) in [5.74, 6) is 1.82. The normalized spacial score (nSPS) is 21.3. The summed E-state index contributed by atoms with van der Waals surface area (Å²) in [5.41, 5.74) is 0. The van der Waals surface area contributed by atoms with Gasteiger partial charge in [-0.2, -0.15) is 0 Å². The van der Waals surface area contributed by atoms with Crippen molar-refractivity contribution in [2.45, 2.75) is 18.6 Å². The average Bonchev–Trinajstić information content (AvgIpc) is 3.16. The standard InChI is InChI=1S/C18H19N3O5/c1-23-16-17(20-8-7-19-16)25-12-6-9-21(10-12)18(22)15-11-24-13-4-2-3-5-14(13)26-15/h2-5,7-8,12,15H,6,9-11H2,1H3/t12-,15+/m1/s1. The van der Waals surface area contributed by atoms with Crippen LogP contribution in [0, 0.1) is 0 Å². The highest BCUT2D eigenvalue weighted by Crippen LogP contribution is 2.32. The van der Waals surface area contributed by atoms with Gasteiger partial charge in [-0.25, -0.2) is 9.97 Å². The molecule has 0 saturated carbocycles. The number of likely N-dealkylation sites (tertiary alicyclic amines) is 1. The Labute approximate surface area is 150 Å². The van der Waals surface area contributed by atoms with Crippen molar-refractivity contribution in [2.75, 3.05) is 26.8 Å². The van der Waals surface area contributed by atoms with Gasteiger partial charge in [-0.1, -0.05) is 12.1 Å². The quantitative estimate of drug-likeness (QED) is 0.816. The molecule has 1 amide bonds. The molecule has 1 aromatic carbocycles. The maximum absolute atomic E-state index is 12.7. The number of hydrogen-bond donors (Lipinski definition) is 0. The SMILES string of the molecule is COc1nccnc1O[C@@H]1CCN(C(=O)[C@@H]2COc3ccccc3O2)C1. The molecular weight excluding hydrogens is 338 g/mol. The average molecular weight is 357 g/mol. The zero-order valence-electron chi connectivity index (χ0n) is 14.3. The zero-order chi connectivity index (χ0) is 17.9. The number of fused-ring (bicyclic) bond motifs is 1. The molecule has 0 aliphatic carbocycles. The molecule has 2 atom stereocenters. The van der Waals surface area contributed by atoms with E-state index in [2.05, 4.69) is 9.97 Å². The van der Waals surface area contributed by atoms with Crippen LogP contribution in [0.1, 0.15) is 6.42 Å². The lowest BCUT2D eigenvalue weighted by Gasteiger charge is -2.28. The van der Waals surface area contributed by atoms with Gasteiger partial charge in [0.05, 0.1) is 13.7 Å². The van der Waals surface area contributed by atoms with E-state index >= 15 is 0 Å². The lowest BCUT2D eigenvalue weighted by atomic mass is 10.2. The first-order valence-electron chi connectivity index (χ1n) is 8.43. The van der Waals surface area contributed by atoms with Crippen molar-refractivity contribution < 1.29 is 23.7 Å². The van der Waals surface area contributed by atoms with Gasteiger partial charge >= 0.3 is 0 Å². The van der Waals surface area contributed by atoms with Crippen molar-refractivity contribution in [1.29, 1.82) is 0 Å². The number of carbonyl (C=O) groups excluding carboxylic acids is 1. The maximum atomic E-state index is 12.7. The second-order valence-corrected chi connectivity index (χ2v) is 6.05. The maximum Gasteiger partial charge on any atom is 0.278 e. The molecule has 0 N–H and O–H groups in total. The molecule has 3 heterocycles. The number of amides is 1. The molecule has 26 heavy (non-hydrogen) atoms. The van der Waals surface area contributed by atoms with Crippen molar-refractivity contribution >= 4 is 5.91 Å². The van der Waals surface area contributed by atoms with E-state index in [1.807, 2.05) is 18.2 Å². The van der Waals surface area contributed by atoms with Crippen LogP contribution in [-0.4, -0.2) is 59.8 Å². The molecule has 4 rings (SSSR count). The number of benzene rings is 1. The summed E-state index contributed by atoms with van der Waals surface area (Å²) in [7, 11) is 1.51. The molecule has 8 heteroatoms. The van der Waals surface area contributed by atoms with Crippen molar-refractivity contribution in [3.63, 3.8) is 0 Å². The second kappa shape index (κ2) is 7.07. The van der Waals surface area contributed by atoms with Crippen LogP contribution in [0.4, 0.5) is 0 Å². The molecule has 1 aromatic heterocycles. The highest BCUT2D eigenvalue weighted by molar-refractivity contribution is 5.82. The number of carbonyl (C=O) groups is 1. The van der Waals surface area contributed by atoms with E-state index in [9.17, 15) is 4.79 Å². The number of rotatable bonds is 4. The van der Waals surface area contributed by atoms with E-state index in [1.165, 1.54) is 13.3 Å². The third-order valence-electron chi connectivity index (χ3n) is 4.35. The Kier molecular flexibility index (Phi) is 4.47. The summed E-state index contributed by atoms with van der Waals surface area (Å²) in [4.78, 5) is 22.7. The van der Waals surface area contributed by atoms with Crippen LogP contribution in [-0.2, 0) is 4.79 Å². The lowest BCUT2D eigenvalue weighted by molar-refractivity contribution is -0.140. The molecule has 2 aliphatic rings. The molecule has 1 fully saturated rings. The van der Waals surface area contributed by atoms with Crippen molar-refractivity contribution in [3.05, 3.63) is 36.7 Å². The Bertz CT molecular complexity index is 800. The van der Waals surface area contributed by atoms with E-state index in [1.54, 1.807) is 17.2 Å². The van der Waals surface area contributed by atoms with E-state index < -0.39 is 6.10 Å². The van der Waals surface area contributed by atoms with Crippen LogP contribution in [0.15, 0.2) is 36.7 Å². The highest BCUT2D eigenvalue weighted by atomic mass is 16.6. The first-order chi connectivity index (χ1) is 12.7. The van der Waals surface area contributed by atoms with Gasteiger partial charge in [0.1, 0.15) is 12.7 Å². The second-order valence-electron chi connectivity index (χ2n) is 6.05.